The van der Waals surface area contributed by atoms with Crippen molar-refractivity contribution in [2.45, 2.75) is 51.6 Å². The van der Waals surface area contributed by atoms with E-state index >= 15 is 0 Å². The lowest BCUT2D eigenvalue weighted by molar-refractivity contribution is 0.0874. The van der Waals surface area contributed by atoms with Gasteiger partial charge in [0.1, 0.15) is 0 Å². The van der Waals surface area contributed by atoms with Crippen LogP contribution < -0.4 is 10.2 Å². The summed E-state index contributed by atoms with van der Waals surface area (Å²) in [5.41, 5.74) is 1.85. The fourth-order valence-electron chi connectivity index (χ4n) is 3.18. The monoisotopic (exact) mass is 318 g/mol. The topological polar surface area (TPSA) is 52.6 Å². The van der Waals surface area contributed by atoms with E-state index in [1.165, 1.54) is 12.8 Å². The molecule has 1 aliphatic rings. The van der Waals surface area contributed by atoms with Crippen molar-refractivity contribution in [3.8, 4) is 0 Å². The van der Waals surface area contributed by atoms with Crippen molar-refractivity contribution in [1.29, 1.82) is 0 Å². The van der Waals surface area contributed by atoms with E-state index in [-0.39, 0.29) is 12.0 Å². The summed E-state index contributed by atoms with van der Waals surface area (Å²) in [4.78, 5) is 14.5. The molecule has 4 heteroatoms. The Morgan fingerprint density at radius 2 is 2.04 bits per heavy atom. The summed E-state index contributed by atoms with van der Waals surface area (Å²) in [6.45, 7) is 3.88. The standard InChI is InChI=1S/C19H30N2O2/c1-3-4-12-21(2)17-10-8-16(9-11-17)19(23)20-14-15-6-5-7-18(22)13-15/h8-11,15,18,22H,3-7,12-14H2,1-2H3,(H,20,23). The van der Waals surface area contributed by atoms with Crippen molar-refractivity contribution in [3.63, 3.8) is 0 Å². The average Bonchev–Trinajstić information content (AvgIpc) is 2.57. The van der Waals surface area contributed by atoms with Crippen LogP contribution >= 0.6 is 0 Å². The predicted molar refractivity (Wildman–Crippen MR) is 94.9 cm³/mol. The lowest BCUT2D eigenvalue weighted by atomic mass is 9.87. The third-order valence-electron chi connectivity index (χ3n) is 4.72. The number of benzene rings is 1. The van der Waals surface area contributed by atoms with E-state index in [0.717, 1.165) is 37.9 Å². The number of hydrogen-bond donors (Lipinski definition) is 2. The van der Waals surface area contributed by atoms with Crippen molar-refractivity contribution in [1.82, 2.24) is 5.32 Å². The number of anilines is 1. The van der Waals surface area contributed by atoms with Crippen molar-refractivity contribution in [2.24, 2.45) is 5.92 Å². The zero-order valence-corrected chi connectivity index (χ0v) is 14.4. The van der Waals surface area contributed by atoms with E-state index in [4.69, 9.17) is 0 Å². The Kier molecular flexibility index (Phi) is 6.90. The highest BCUT2D eigenvalue weighted by molar-refractivity contribution is 5.94. The fraction of sp³-hybridized carbons (Fsp3) is 0.632. The van der Waals surface area contributed by atoms with Crippen LogP contribution in [0.5, 0.6) is 0 Å². The van der Waals surface area contributed by atoms with Gasteiger partial charge in [0.15, 0.2) is 0 Å². The Bertz CT molecular complexity index is 487. The van der Waals surface area contributed by atoms with Gasteiger partial charge in [-0.25, -0.2) is 0 Å². The van der Waals surface area contributed by atoms with Gasteiger partial charge in [0, 0.05) is 31.4 Å². The van der Waals surface area contributed by atoms with Gasteiger partial charge in [-0.05, 0) is 55.9 Å². The Labute approximate surface area is 139 Å². The van der Waals surface area contributed by atoms with Crippen LogP contribution in [0.1, 0.15) is 55.8 Å². The second kappa shape index (κ2) is 8.92. The predicted octanol–water partition coefficient (Wildman–Crippen LogP) is 3.20. The van der Waals surface area contributed by atoms with Crippen LogP contribution in [0.15, 0.2) is 24.3 Å². The molecule has 2 atom stereocenters. The molecule has 23 heavy (non-hydrogen) atoms. The minimum absolute atomic E-state index is 0.0205. The van der Waals surface area contributed by atoms with Crippen LogP contribution in [-0.4, -0.2) is 37.3 Å². The SMILES string of the molecule is CCCCN(C)c1ccc(C(=O)NCC2CCCC(O)C2)cc1. The number of carbonyl (C=O) groups excluding carboxylic acids is 1. The molecule has 4 nitrogen and oxygen atoms in total. The molecule has 1 amide bonds. The first kappa shape index (κ1) is 17.8. The lowest BCUT2D eigenvalue weighted by Gasteiger charge is -2.25. The summed E-state index contributed by atoms with van der Waals surface area (Å²) in [7, 11) is 2.08. The smallest absolute Gasteiger partial charge is 0.251 e. The molecule has 0 bridgehead atoms. The van der Waals surface area contributed by atoms with Gasteiger partial charge in [-0.2, -0.15) is 0 Å². The maximum atomic E-state index is 12.2. The number of carbonyl (C=O) groups is 1. The highest BCUT2D eigenvalue weighted by Crippen LogP contribution is 2.23. The molecule has 1 aromatic rings. The number of hydrogen-bond acceptors (Lipinski definition) is 3. The second-order valence-electron chi connectivity index (χ2n) is 6.72. The van der Waals surface area contributed by atoms with Crippen molar-refractivity contribution in [3.05, 3.63) is 29.8 Å². The number of unbranched alkanes of at least 4 members (excludes halogenated alkanes) is 1. The number of aliphatic hydroxyl groups excluding tert-OH is 1. The Morgan fingerprint density at radius 1 is 1.30 bits per heavy atom. The Hall–Kier alpha value is -1.55. The summed E-state index contributed by atoms with van der Waals surface area (Å²) < 4.78 is 0. The number of aliphatic hydroxyl groups is 1. The first-order valence-corrected chi connectivity index (χ1v) is 8.87. The lowest BCUT2D eigenvalue weighted by Crippen LogP contribution is -2.33. The Morgan fingerprint density at radius 3 is 2.70 bits per heavy atom. The largest absolute Gasteiger partial charge is 0.393 e. The molecule has 1 saturated carbocycles. The van der Waals surface area contributed by atoms with E-state index in [1.54, 1.807) is 0 Å². The fourth-order valence-corrected chi connectivity index (χ4v) is 3.18. The van der Waals surface area contributed by atoms with Gasteiger partial charge in [0.25, 0.3) is 5.91 Å². The molecular weight excluding hydrogens is 288 g/mol. The maximum Gasteiger partial charge on any atom is 0.251 e. The van der Waals surface area contributed by atoms with Gasteiger partial charge in [-0.3, -0.25) is 4.79 Å². The van der Waals surface area contributed by atoms with E-state index in [9.17, 15) is 9.90 Å². The minimum Gasteiger partial charge on any atom is -0.393 e. The third-order valence-corrected chi connectivity index (χ3v) is 4.72. The van der Waals surface area contributed by atoms with Crippen LogP contribution in [0.4, 0.5) is 5.69 Å². The molecule has 0 spiro atoms. The van der Waals surface area contributed by atoms with E-state index in [1.807, 2.05) is 24.3 Å². The zero-order valence-electron chi connectivity index (χ0n) is 14.4. The molecule has 2 unspecified atom stereocenters. The quantitative estimate of drug-likeness (QED) is 0.812. The van der Waals surface area contributed by atoms with Gasteiger partial charge in [-0.15, -0.1) is 0 Å². The van der Waals surface area contributed by atoms with Crippen molar-refractivity contribution in [2.75, 3.05) is 25.0 Å². The molecular formula is C19H30N2O2. The number of nitrogens with one attached hydrogen (secondary N) is 1. The maximum absolute atomic E-state index is 12.2. The Balaban J connectivity index is 1.82. The molecule has 2 N–H and O–H groups in total. The molecule has 0 aliphatic heterocycles. The van der Waals surface area contributed by atoms with Crippen LogP contribution in [0, 0.1) is 5.92 Å². The van der Waals surface area contributed by atoms with Gasteiger partial charge in [0.2, 0.25) is 0 Å². The number of nitrogens with zero attached hydrogens (tertiary/aromatic N) is 1. The first-order chi connectivity index (χ1) is 11.1. The summed E-state index contributed by atoms with van der Waals surface area (Å²) in [5, 5.41) is 12.7. The number of amides is 1. The van der Waals surface area contributed by atoms with Gasteiger partial charge in [-0.1, -0.05) is 19.8 Å². The second-order valence-corrected chi connectivity index (χ2v) is 6.72. The van der Waals surface area contributed by atoms with Crippen LogP contribution in [0.25, 0.3) is 0 Å². The molecule has 1 aliphatic carbocycles. The van der Waals surface area contributed by atoms with Gasteiger partial charge in [0.05, 0.1) is 6.10 Å². The molecule has 1 aromatic carbocycles. The van der Waals surface area contributed by atoms with Gasteiger partial charge >= 0.3 is 0 Å². The first-order valence-electron chi connectivity index (χ1n) is 8.87. The highest BCUT2D eigenvalue weighted by Gasteiger charge is 2.20. The molecule has 128 valence electrons. The summed E-state index contributed by atoms with van der Waals surface area (Å²) in [6, 6.07) is 7.80. The minimum atomic E-state index is -0.191. The van der Waals surface area contributed by atoms with Crippen LogP contribution in [0.3, 0.4) is 0 Å². The van der Waals surface area contributed by atoms with Crippen LogP contribution in [0.2, 0.25) is 0 Å². The zero-order chi connectivity index (χ0) is 16.7. The molecule has 0 saturated heterocycles. The number of rotatable bonds is 7. The summed E-state index contributed by atoms with van der Waals surface area (Å²) in [6.07, 6.45) is 6.02. The molecule has 0 heterocycles. The summed E-state index contributed by atoms with van der Waals surface area (Å²) >= 11 is 0. The molecule has 0 aromatic heterocycles. The summed E-state index contributed by atoms with van der Waals surface area (Å²) in [5.74, 6) is 0.384. The third kappa shape index (κ3) is 5.54. The van der Waals surface area contributed by atoms with Crippen molar-refractivity contribution >= 4 is 11.6 Å². The van der Waals surface area contributed by atoms with E-state index in [0.29, 0.717) is 18.0 Å². The average molecular weight is 318 g/mol. The molecule has 0 radical (unpaired) electrons. The molecule has 2 rings (SSSR count). The normalized spacial score (nSPS) is 21.0. The highest BCUT2D eigenvalue weighted by atomic mass is 16.3. The van der Waals surface area contributed by atoms with Gasteiger partial charge < -0.3 is 15.3 Å². The van der Waals surface area contributed by atoms with Crippen LogP contribution in [-0.2, 0) is 0 Å². The van der Waals surface area contributed by atoms with Crippen molar-refractivity contribution < 1.29 is 9.90 Å². The van der Waals surface area contributed by atoms with E-state index < -0.39 is 0 Å². The molecule has 1 fully saturated rings. The van der Waals surface area contributed by atoms with E-state index in [2.05, 4.69) is 24.2 Å².